The van der Waals surface area contributed by atoms with E-state index in [-0.39, 0.29) is 11.8 Å². The second-order valence-corrected chi connectivity index (χ2v) is 9.99. The number of carbonyl (C=O) groups is 2. The summed E-state index contributed by atoms with van der Waals surface area (Å²) in [5.74, 6) is 1.19. The third-order valence-electron chi connectivity index (χ3n) is 7.98. The molecule has 2 aliphatic carbocycles. The highest BCUT2D eigenvalue weighted by molar-refractivity contribution is 6.02. The van der Waals surface area contributed by atoms with Gasteiger partial charge in [-0.25, -0.2) is 0 Å². The lowest BCUT2D eigenvalue weighted by Crippen LogP contribution is -2.66. The molecule has 1 N–H and O–H groups in total. The Hall–Kier alpha value is -2.62. The second kappa shape index (κ2) is 7.51. The van der Waals surface area contributed by atoms with Crippen LogP contribution in [0.2, 0.25) is 0 Å². The number of benzene rings is 2. The van der Waals surface area contributed by atoms with E-state index in [1.54, 1.807) is 0 Å². The van der Waals surface area contributed by atoms with Gasteiger partial charge in [-0.15, -0.1) is 0 Å². The molecule has 3 atom stereocenters. The number of aryl methyl sites for hydroxylation is 3. The SMILES string of the molecule is Cc1cc(C)c(NC(=O)[C@@]2(N3CCC3=O)CC[C@@H]3Cc4ccccc4C[C@H]3C2)c(C)c1. The van der Waals surface area contributed by atoms with Crippen molar-refractivity contribution < 1.29 is 9.59 Å². The van der Waals surface area contributed by atoms with Crippen LogP contribution in [0.3, 0.4) is 0 Å². The first kappa shape index (κ1) is 20.3. The fraction of sp³-hybridized carbons (Fsp3) is 0.481. The number of carbonyl (C=O) groups excluding carboxylic acids is 2. The Morgan fingerprint density at radius 2 is 1.68 bits per heavy atom. The van der Waals surface area contributed by atoms with E-state index in [1.165, 1.54) is 16.7 Å². The molecule has 4 nitrogen and oxygen atoms in total. The zero-order chi connectivity index (χ0) is 21.8. The Kier molecular flexibility index (Phi) is 4.91. The van der Waals surface area contributed by atoms with Crippen LogP contribution >= 0.6 is 0 Å². The number of anilines is 1. The summed E-state index contributed by atoms with van der Waals surface area (Å²) in [6.45, 7) is 6.87. The molecule has 0 unspecified atom stereocenters. The minimum absolute atomic E-state index is 0.00733. The Morgan fingerprint density at radius 3 is 2.26 bits per heavy atom. The Balaban J connectivity index is 1.46. The molecule has 0 radical (unpaired) electrons. The first-order chi connectivity index (χ1) is 14.9. The molecular formula is C27H32N2O2. The molecule has 0 bridgehead atoms. The van der Waals surface area contributed by atoms with E-state index in [2.05, 4.69) is 48.6 Å². The van der Waals surface area contributed by atoms with Gasteiger partial charge in [-0.3, -0.25) is 9.59 Å². The molecule has 2 fully saturated rings. The number of rotatable bonds is 3. The van der Waals surface area contributed by atoms with Crippen LogP contribution in [0.4, 0.5) is 5.69 Å². The summed E-state index contributed by atoms with van der Waals surface area (Å²) in [5.41, 5.74) is 6.42. The van der Waals surface area contributed by atoms with Crippen molar-refractivity contribution >= 4 is 17.5 Å². The van der Waals surface area contributed by atoms with E-state index in [1.807, 2.05) is 18.7 Å². The molecule has 2 aromatic carbocycles. The number of hydrogen-bond acceptors (Lipinski definition) is 2. The van der Waals surface area contributed by atoms with Crippen molar-refractivity contribution in [1.82, 2.24) is 4.90 Å². The Morgan fingerprint density at radius 1 is 1.03 bits per heavy atom. The number of β-lactam (4-membered cyclic amide) rings is 1. The minimum Gasteiger partial charge on any atom is -0.327 e. The van der Waals surface area contributed by atoms with Crippen molar-refractivity contribution in [3.05, 3.63) is 64.2 Å². The van der Waals surface area contributed by atoms with Gasteiger partial charge in [-0.1, -0.05) is 42.0 Å². The number of likely N-dealkylation sites (tertiary alicyclic amines) is 1. The molecule has 31 heavy (non-hydrogen) atoms. The van der Waals surface area contributed by atoms with Crippen molar-refractivity contribution in [1.29, 1.82) is 0 Å². The molecule has 1 saturated heterocycles. The highest BCUT2D eigenvalue weighted by Gasteiger charge is 2.54. The number of nitrogens with zero attached hydrogens (tertiary/aromatic N) is 1. The Bertz CT molecular complexity index is 1040. The molecule has 1 aliphatic heterocycles. The predicted octanol–water partition coefficient (Wildman–Crippen LogP) is 4.74. The summed E-state index contributed by atoms with van der Waals surface area (Å²) in [5, 5.41) is 3.27. The number of fused-ring (bicyclic) bond motifs is 2. The largest absolute Gasteiger partial charge is 0.327 e. The fourth-order valence-electron chi connectivity index (χ4n) is 6.34. The van der Waals surface area contributed by atoms with Crippen LogP contribution in [0.15, 0.2) is 36.4 Å². The summed E-state index contributed by atoms with van der Waals surface area (Å²) < 4.78 is 0. The van der Waals surface area contributed by atoms with E-state index in [9.17, 15) is 9.59 Å². The maximum absolute atomic E-state index is 13.9. The van der Waals surface area contributed by atoms with E-state index in [0.29, 0.717) is 24.8 Å². The van der Waals surface area contributed by atoms with E-state index in [0.717, 1.165) is 48.9 Å². The molecule has 1 heterocycles. The maximum atomic E-state index is 13.9. The van der Waals surface area contributed by atoms with Gasteiger partial charge in [0, 0.05) is 18.7 Å². The van der Waals surface area contributed by atoms with Crippen LogP contribution in [0.25, 0.3) is 0 Å². The van der Waals surface area contributed by atoms with Crippen molar-refractivity contribution in [2.24, 2.45) is 11.8 Å². The summed E-state index contributed by atoms with van der Waals surface area (Å²) in [6.07, 6.45) is 5.21. The number of hydrogen-bond donors (Lipinski definition) is 1. The van der Waals surface area contributed by atoms with Gasteiger partial charge in [0.15, 0.2) is 0 Å². The van der Waals surface area contributed by atoms with Gasteiger partial charge in [-0.05, 0) is 87.0 Å². The normalized spacial score (nSPS) is 27.2. The van der Waals surface area contributed by atoms with Crippen LogP contribution in [0.1, 0.15) is 53.5 Å². The third kappa shape index (κ3) is 3.37. The van der Waals surface area contributed by atoms with Crippen LogP contribution in [-0.4, -0.2) is 28.8 Å². The van der Waals surface area contributed by atoms with E-state index < -0.39 is 5.54 Å². The third-order valence-corrected chi connectivity index (χ3v) is 7.98. The summed E-state index contributed by atoms with van der Waals surface area (Å²) in [4.78, 5) is 28.3. The summed E-state index contributed by atoms with van der Waals surface area (Å²) >= 11 is 0. The monoisotopic (exact) mass is 416 g/mol. The molecule has 5 rings (SSSR count). The molecule has 2 amide bonds. The lowest BCUT2D eigenvalue weighted by molar-refractivity contribution is -0.159. The first-order valence-corrected chi connectivity index (χ1v) is 11.6. The highest BCUT2D eigenvalue weighted by atomic mass is 16.2. The van der Waals surface area contributed by atoms with Gasteiger partial charge in [0.1, 0.15) is 5.54 Å². The average molecular weight is 417 g/mol. The topological polar surface area (TPSA) is 49.4 Å². The van der Waals surface area contributed by atoms with Gasteiger partial charge in [0.25, 0.3) is 0 Å². The highest BCUT2D eigenvalue weighted by Crippen LogP contribution is 2.47. The number of amides is 2. The first-order valence-electron chi connectivity index (χ1n) is 11.6. The van der Waals surface area contributed by atoms with Crippen molar-refractivity contribution in [2.75, 3.05) is 11.9 Å². The van der Waals surface area contributed by atoms with Gasteiger partial charge >= 0.3 is 0 Å². The van der Waals surface area contributed by atoms with E-state index in [4.69, 9.17) is 0 Å². The van der Waals surface area contributed by atoms with Crippen molar-refractivity contribution in [3.63, 3.8) is 0 Å². The van der Waals surface area contributed by atoms with Crippen molar-refractivity contribution in [2.45, 2.75) is 64.8 Å². The smallest absolute Gasteiger partial charge is 0.250 e. The van der Waals surface area contributed by atoms with Crippen LogP contribution < -0.4 is 5.32 Å². The van der Waals surface area contributed by atoms with Gasteiger partial charge in [0.2, 0.25) is 11.8 Å². The molecule has 0 aromatic heterocycles. The van der Waals surface area contributed by atoms with Crippen LogP contribution in [-0.2, 0) is 22.4 Å². The van der Waals surface area contributed by atoms with Gasteiger partial charge in [0.05, 0.1) is 0 Å². The molecule has 3 aliphatic rings. The standard InChI is InChI=1S/C27H32N2O2/c1-17-12-18(2)25(19(3)13-17)28-26(31)27(29-11-9-24(29)30)10-8-22-14-20-6-4-5-7-21(20)15-23(22)16-27/h4-7,12-13,22-23H,8-11,14-16H2,1-3H3,(H,28,31)/t22-,23+,27-/m1/s1. The summed E-state index contributed by atoms with van der Waals surface area (Å²) in [6, 6.07) is 12.9. The zero-order valence-electron chi connectivity index (χ0n) is 18.8. The molecule has 1 saturated carbocycles. The lowest BCUT2D eigenvalue weighted by atomic mass is 9.62. The molecular weight excluding hydrogens is 384 g/mol. The number of nitrogens with one attached hydrogen (secondary N) is 1. The lowest BCUT2D eigenvalue weighted by Gasteiger charge is -2.53. The molecule has 0 spiro atoms. The van der Waals surface area contributed by atoms with Gasteiger partial charge in [-0.2, -0.15) is 0 Å². The average Bonchev–Trinajstić information content (AvgIpc) is 2.73. The van der Waals surface area contributed by atoms with Crippen molar-refractivity contribution in [3.8, 4) is 0 Å². The molecule has 4 heteroatoms. The second-order valence-electron chi connectivity index (χ2n) is 9.99. The van der Waals surface area contributed by atoms with Crippen LogP contribution in [0, 0.1) is 32.6 Å². The quantitative estimate of drug-likeness (QED) is 0.735. The predicted molar refractivity (Wildman–Crippen MR) is 123 cm³/mol. The molecule has 162 valence electrons. The summed E-state index contributed by atoms with van der Waals surface area (Å²) in [7, 11) is 0. The van der Waals surface area contributed by atoms with Crippen LogP contribution in [0.5, 0.6) is 0 Å². The van der Waals surface area contributed by atoms with E-state index >= 15 is 0 Å². The minimum atomic E-state index is -0.716. The zero-order valence-corrected chi connectivity index (χ0v) is 18.8. The Labute approximate surface area is 185 Å². The maximum Gasteiger partial charge on any atom is 0.250 e. The fourth-order valence-corrected chi connectivity index (χ4v) is 6.34. The van der Waals surface area contributed by atoms with Gasteiger partial charge < -0.3 is 10.2 Å². The molecule has 2 aromatic rings.